The smallest absolute Gasteiger partial charge is 0.274 e. The Bertz CT molecular complexity index is 2040. The number of carbonyl (C=O) groups is 1. The fourth-order valence-electron chi connectivity index (χ4n) is 4.44. The van der Waals surface area contributed by atoms with Crippen molar-refractivity contribution in [2.24, 2.45) is 5.14 Å². The predicted octanol–water partition coefficient (Wildman–Crippen LogP) is 5.07. The second-order valence-electron chi connectivity index (χ2n) is 9.21. The van der Waals surface area contributed by atoms with Crippen LogP contribution in [0.1, 0.15) is 16.2 Å². The average Bonchev–Trinajstić information content (AvgIpc) is 3.29. The number of hydrogen-bond donors (Lipinski definition) is 2. The summed E-state index contributed by atoms with van der Waals surface area (Å²) in [6.45, 7) is 1.71. The fraction of sp³-hybridized carbons (Fsp3) is 0.0714. The summed E-state index contributed by atoms with van der Waals surface area (Å²) >= 11 is 3.46. The van der Waals surface area contributed by atoms with Crippen molar-refractivity contribution in [3.63, 3.8) is 0 Å². The molecule has 5 aromatic rings. The van der Waals surface area contributed by atoms with E-state index >= 15 is 0 Å². The lowest BCUT2D eigenvalue weighted by molar-refractivity contribution is 0.101. The third kappa shape index (κ3) is 5.43. The summed E-state index contributed by atoms with van der Waals surface area (Å²) in [5.41, 5.74) is 2.31. The first-order valence-corrected chi connectivity index (χ1v) is 16.1. The van der Waals surface area contributed by atoms with Crippen LogP contribution in [-0.2, 0) is 19.9 Å². The van der Waals surface area contributed by atoms with Crippen LogP contribution in [-0.4, -0.2) is 38.8 Å². The molecule has 5 rings (SSSR count). The van der Waals surface area contributed by atoms with Gasteiger partial charge in [-0.1, -0.05) is 48.5 Å². The number of anilines is 1. The van der Waals surface area contributed by atoms with Crippen LogP contribution < -0.4 is 10.5 Å². The standard InChI is InChI=1S/C28H23BrN4O5S2/c1-17-13-25(33(32-17)24-15-18-7-3-4-8-19(18)16-27(24)39(2,35)36)28(34)31-23-12-11-20(14-22(23)29)21-9-5-6-10-26(21)40(30,37)38/h3-16H,1-2H3,(H,31,34)(H2,30,37,38). The molecule has 0 bridgehead atoms. The van der Waals surface area contributed by atoms with Crippen LogP contribution in [0.15, 0.2) is 99.2 Å². The molecule has 0 unspecified atom stereocenters. The van der Waals surface area contributed by atoms with Crippen LogP contribution in [0.5, 0.6) is 0 Å². The van der Waals surface area contributed by atoms with Crippen LogP contribution in [0.3, 0.4) is 0 Å². The molecule has 0 aliphatic rings. The average molecular weight is 640 g/mol. The predicted molar refractivity (Wildman–Crippen MR) is 158 cm³/mol. The molecule has 0 fully saturated rings. The molecule has 3 N–H and O–H groups in total. The molecule has 0 saturated heterocycles. The monoisotopic (exact) mass is 638 g/mol. The molecule has 4 aromatic carbocycles. The van der Waals surface area contributed by atoms with Gasteiger partial charge in [0.25, 0.3) is 5.91 Å². The normalized spacial score (nSPS) is 12.0. The summed E-state index contributed by atoms with van der Waals surface area (Å²) in [5, 5.41) is 14.2. The van der Waals surface area contributed by atoms with E-state index < -0.39 is 25.8 Å². The van der Waals surface area contributed by atoms with Gasteiger partial charge in [0, 0.05) is 16.3 Å². The third-order valence-corrected chi connectivity index (χ3v) is 8.99. The van der Waals surface area contributed by atoms with Gasteiger partial charge < -0.3 is 5.32 Å². The number of nitrogens with one attached hydrogen (secondary N) is 1. The van der Waals surface area contributed by atoms with Crippen molar-refractivity contribution < 1.29 is 21.6 Å². The van der Waals surface area contributed by atoms with E-state index in [0.717, 1.165) is 17.0 Å². The van der Waals surface area contributed by atoms with Crippen molar-refractivity contribution in [2.75, 3.05) is 11.6 Å². The first kappa shape index (κ1) is 27.7. The SMILES string of the molecule is Cc1cc(C(=O)Nc2ccc(-c3ccccc3S(N)(=O)=O)cc2Br)n(-c2cc3ccccc3cc2S(C)(=O)=O)n1. The molecule has 12 heteroatoms. The van der Waals surface area contributed by atoms with Gasteiger partial charge in [0.15, 0.2) is 9.84 Å². The molecule has 0 aliphatic heterocycles. The highest BCUT2D eigenvalue weighted by molar-refractivity contribution is 9.10. The summed E-state index contributed by atoms with van der Waals surface area (Å²) in [6.07, 6.45) is 1.11. The number of nitrogens with zero attached hydrogens (tertiary/aromatic N) is 2. The molecule has 1 heterocycles. The first-order chi connectivity index (χ1) is 18.8. The Morgan fingerprint density at radius 2 is 1.52 bits per heavy atom. The number of nitrogens with two attached hydrogens (primary N) is 1. The number of rotatable bonds is 6. The van der Waals surface area contributed by atoms with Crippen LogP contribution in [0, 0.1) is 6.92 Å². The van der Waals surface area contributed by atoms with Crippen molar-refractivity contribution in [3.05, 3.63) is 101 Å². The van der Waals surface area contributed by atoms with Crippen LogP contribution in [0.4, 0.5) is 5.69 Å². The van der Waals surface area contributed by atoms with Gasteiger partial charge in [-0.25, -0.2) is 26.7 Å². The molecule has 0 atom stereocenters. The summed E-state index contributed by atoms with van der Waals surface area (Å²) < 4.78 is 51.4. The lowest BCUT2D eigenvalue weighted by atomic mass is 10.1. The minimum Gasteiger partial charge on any atom is -0.320 e. The molecule has 204 valence electrons. The number of carbonyl (C=O) groups excluding carboxylic acids is 1. The Labute approximate surface area is 239 Å². The fourth-order valence-corrected chi connectivity index (χ4v) is 6.54. The minimum atomic E-state index is -3.95. The minimum absolute atomic E-state index is 0.0184. The van der Waals surface area contributed by atoms with Gasteiger partial charge in [-0.15, -0.1) is 0 Å². The van der Waals surface area contributed by atoms with E-state index in [0.29, 0.717) is 27.0 Å². The van der Waals surface area contributed by atoms with E-state index in [1.54, 1.807) is 61.5 Å². The Morgan fingerprint density at radius 3 is 2.17 bits per heavy atom. The van der Waals surface area contributed by atoms with E-state index in [2.05, 4.69) is 26.3 Å². The van der Waals surface area contributed by atoms with E-state index in [-0.39, 0.29) is 21.2 Å². The maximum atomic E-state index is 13.5. The maximum Gasteiger partial charge on any atom is 0.274 e. The van der Waals surface area contributed by atoms with Crippen LogP contribution >= 0.6 is 15.9 Å². The molecule has 0 spiro atoms. The third-order valence-electron chi connectivity index (χ3n) is 6.24. The summed E-state index contributed by atoms with van der Waals surface area (Å²) in [7, 11) is -7.62. The summed E-state index contributed by atoms with van der Waals surface area (Å²) in [4.78, 5) is 13.5. The van der Waals surface area contributed by atoms with Crippen molar-refractivity contribution >= 4 is 58.2 Å². The molecule has 9 nitrogen and oxygen atoms in total. The Hall–Kier alpha value is -3.84. The van der Waals surface area contributed by atoms with Crippen molar-refractivity contribution in [2.45, 2.75) is 16.7 Å². The van der Waals surface area contributed by atoms with Crippen LogP contribution in [0.25, 0.3) is 27.6 Å². The lowest BCUT2D eigenvalue weighted by Gasteiger charge is -2.14. The zero-order chi connectivity index (χ0) is 28.8. The molecule has 0 saturated carbocycles. The molecular weight excluding hydrogens is 616 g/mol. The van der Waals surface area contributed by atoms with Crippen LogP contribution in [0.2, 0.25) is 0 Å². The van der Waals surface area contributed by atoms with Crippen molar-refractivity contribution in [3.8, 4) is 16.8 Å². The molecule has 1 amide bonds. The zero-order valence-corrected chi connectivity index (χ0v) is 24.5. The highest BCUT2D eigenvalue weighted by Crippen LogP contribution is 2.33. The van der Waals surface area contributed by atoms with Gasteiger partial charge >= 0.3 is 0 Å². The highest BCUT2D eigenvalue weighted by Gasteiger charge is 2.23. The zero-order valence-electron chi connectivity index (χ0n) is 21.3. The second kappa shape index (κ2) is 10.3. The Morgan fingerprint density at radius 1 is 0.875 bits per heavy atom. The van der Waals surface area contributed by atoms with Crippen molar-refractivity contribution in [1.82, 2.24) is 9.78 Å². The second-order valence-corrected chi connectivity index (χ2v) is 13.6. The topological polar surface area (TPSA) is 141 Å². The number of benzene rings is 4. The van der Waals surface area contributed by atoms with Gasteiger partial charge in [-0.05, 0) is 75.6 Å². The summed E-state index contributed by atoms with van der Waals surface area (Å²) in [6, 6.07) is 23.5. The van der Waals surface area contributed by atoms with E-state index in [1.807, 2.05) is 24.3 Å². The Kier molecular flexibility index (Phi) is 7.13. The Balaban J connectivity index is 1.54. The number of fused-ring (bicyclic) bond motifs is 1. The molecule has 0 aliphatic carbocycles. The number of aromatic nitrogens is 2. The quantitative estimate of drug-likeness (QED) is 0.266. The van der Waals surface area contributed by atoms with E-state index in [9.17, 15) is 21.6 Å². The number of hydrogen-bond acceptors (Lipinski definition) is 6. The van der Waals surface area contributed by atoms with Gasteiger partial charge in [-0.3, -0.25) is 4.79 Å². The van der Waals surface area contributed by atoms with E-state index in [4.69, 9.17) is 5.14 Å². The van der Waals surface area contributed by atoms with Gasteiger partial charge in [0.1, 0.15) is 5.69 Å². The maximum absolute atomic E-state index is 13.5. The number of sulfone groups is 1. The first-order valence-electron chi connectivity index (χ1n) is 11.9. The molecular formula is C28H23BrN4O5S2. The number of aryl methyl sites for hydroxylation is 1. The number of amides is 1. The highest BCUT2D eigenvalue weighted by atomic mass is 79.9. The van der Waals surface area contributed by atoms with E-state index in [1.165, 1.54) is 10.7 Å². The number of sulfonamides is 1. The lowest BCUT2D eigenvalue weighted by Crippen LogP contribution is -2.18. The molecule has 40 heavy (non-hydrogen) atoms. The molecule has 1 aromatic heterocycles. The molecule has 0 radical (unpaired) electrons. The van der Waals surface area contributed by atoms with Gasteiger partial charge in [-0.2, -0.15) is 5.10 Å². The van der Waals surface area contributed by atoms with Gasteiger partial charge in [0.2, 0.25) is 10.0 Å². The van der Waals surface area contributed by atoms with Crippen molar-refractivity contribution in [1.29, 1.82) is 0 Å². The largest absolute Gasteiger partial charge is 0.320 e. The number of primary sulfonamides is 1. The van der Waals surface area contributed by atoms with Gasteiger partial charge in [0.05, 0.1) is 26.9 Å². The number of halogens is 1. The summed E-state index contributed by atoms with van der Waals surface area (Å²) in [5.74, 6) is -0.522.